The fraction of sp³-hybridized carbons (Fsp3) is 1.00. The van der Waals surface area contributed by atoms with Gasteiger partial charge in [0, 0.05) is 0 Å². The average Bonchev–Trinajstić information content (AvgIpc) is 1.35. The first-order valence-electron chi connectivity index (χ1n) is 1.94. The van der Waals surface area contributed by atoms with E-state index in [2.05, 4.69) is 0 Å². The smallest absolute Gasteiger partial charge is 0.102 e. The second kappa shape index (κ2) is 2.04. The van der Waals surface area contributed by atoms with E-state index in [0.29, 0.717) is 0 Å². The van der Waals surface area contributed by atoms with Crippen LogP contribution in [0.5, 0.6) is 0 Å². The van der Waals surface area contributed by atoms with E-state index >= 15 is 0 Å². The molecule has 0 radical (unpaired) electrons. The Kier molecular flexibility index (Phi) is 2.23. The molecule has 0 aliphatic carbocycles. The van der Waals surface area contributed by atoms with E-state index in [-0.39, 0.29) is 0 Å². The fourth-order valence-corrected chi connectivity index (χ4v) is 0. The highest BCUT2D eigenvalue weighted by molar-refractivity contribution is 6.48. The summed E-state index contributed by atoms with van der Waals surface area (Å²) in [5.74, 6) is 0. The Morgan fingerprint density at radius 3 is 1.67 bits per heavy atom. The van der Waals surface area contributed by atoms with E-state index in [1.54, 1.807) is 6.92 Å². The third-order valence-electron chi connectivity index (χ3n) is 0.621. The molecule has 0 spiro atoms. The van der Waals surface area contributed by atoms with Crippen LogP contribution in [0.2, 0.25) is 0 Å². The Morgan fingerprint density at radius 2 is 1.67 bits per heavy atom. The lowest BCUT2D eigenvalue weighted by Gasteiger charge is -2.05. The van der Waals surface area contributed by atoms with Crippen LogP contribution in [0.1, 0.15) is 20.3 Å². The van der Waals surface area contributed by atoms with Gasteiger partial charge < -0.3 is 0 Å². The quantitative estimate of drug-likeness (QED) is 0.475. The maximum absolute atomic E-state index is 5.48. The average molecular weight is 127 g/mol. The van der Waals surface area contributed by atoms with E-state index in [1.807, 2.05) is 6.92 Å². The highest BCUT2D eigenvalue weighted by Crippen LogP contribution is 2.22. The Morgan fingerprint density at radius 1 is 1.50 bits per heavy atom. The van der Waals surface area contributed by atoms with Crippen molar-refractivity contribution in [2.24, 2.45) is 0 Å². The molecule has 0 aliphatic heterocycles. The van der Waals surface area contributed by atoms with E-state index < -0.39 is 4.33 Å². The third-order valence-corrected chi connectivity index (χ3v) is 1.16. The molecule has 2 heteroatoms. The molecule has 0 N–H and O–H groups in total. The molecule has 0 aromatic heterocycles. The predicted octanol–water partition coefficient (Wildman–Crippen LogP) is 2.59. The van der Waals surface area contributed by atoms with Gasteiger partial charge in [-0.05, 0) is 13.3 Å². The normalized spacial score (nSPS) is 12.0. The molecule has 38 valence electrons. The van der Waals surface area contributed by atoms with Gasteiger partial charge in [-0.3, -0.25) is 0 Å². The lowest BCUT2D eigenvalue weighted by atomic mass is 10.4. The summed E-state index contributed by atoms with van der Waals surface area (Å²) in [7, 11) is 0. The van der Waals surface area contributed by atoms with Crippen LogP contribution in [-0.2, 0) is 0 Å². The van der Waals surface area contributed by atoms with E-state index in [4.69, 9.17) is 23.2 Å². The first-order chi connectivity index (χ1) is 2.56. The zero-order valence-electron chi connectivity index (χ0n) is 3.96. The van der Waals surface area contributed by atoms with Crippen LogP contribution in [-0.4, -0.2) is 4.33 Å². The molecule has 0 saturated heterocycles. The van der Waals surface area contributed by atoms with E-state index in [1.165, 1.54) is 0 Å². The Balaban J connectivity index is 3.17. The van der Waals surface area contributed by atoms with Crippen molar-refractivity contribution < 1.29 is 0 Å². The number of alkyl halides is 2. The highest BCUT2D eigenvalue weighted by Gasteiger charge is 2.10. The Hall–Kier alpha value is 0.580. The van der Waals surface area contributed by atoms with Crippen LogP contribution >= 0.6 is 23.2 Å². The first kappa shape index (κ1) is 6.58. The molecule has 0 saturated carbocycles. The summed E-state index contributed by atoms with van der Waals surface area (Å²) in [5.41, 5.74) is 0. The van der Waals surface area contributed by atoms with Crippen molar-refractivity contribution in [2.75, 3.05) is 0 Å². The van der Waals surface area contributed by atoms with Crippen LogP contribution in [0.15, 0.2) is 0 Å². The SMILES string of the molecule is CCC(C)(Cl)Cl. The lowest BCUT2D eigenvalue weighted by Crippen LogP contribution is -2.00. The minimum atomic E-state index is -0.514. The van der Waals surface area contributed by atoms with Crippen LogP contribution in [0.3, 0.4) is 0 Å². The largest absolute Gasteiger partial charge is 0.115 e. The molecule has 0 aromatic rings. The maximum Gasteiger partial charge on any atom is 0.115 e. The summed E-state index contributed by atoms with van der Waals surface area (Å²) < 4.78 is -0.514. The van der Waals surface area contributed by atoms with Crippen LogP contribution in [0.25, 0.3) is 0 Å². The van der Waals surface area contributed by atoms with Gasteiger partial charge in [-0.1, -0.05) is 6.92 Å². The van der Waals surface area contributed by atoms with Gasteiger partial charge in [0.15, 0.2) is 0 Å². The van der Waals surface area contributed by atoms with Crippen molar-refractivity contribution in [1.29, 1.82) is 0 Å². The molecule has 0 unspecified atom stereocenters. The van der Waals surface area contributed by atoms with Gasteiger partial charge in [-0.25, -0.2) is 0 Å². The second-order valence-corrected chi connectivity index (χ2v) is 3.29. The summed E-state index contributed by atoms with van der Waals surface area (Å²) in [5, 5.41) is 0. The summed E-state index contributed by atoms with van der Waals surface area (Å²) in [6.07, 6.45) is 0.802. The standard InChI is InChI=1S/C4H8Cl2/c1-3-4(2,5)6/h3H2,1-2H3. The molecule has 0 nitrogen and oxygen atoms in total. The maximum atomic E-state index is 5.48. The van der Waals surface area contributed by atoms with Crippen molar-refractivity contribution in [2.45, 2.75) is 24.6 Å². The molecule has 0 amide bonds. The zero-order valence-corrected chi connectivity index (χ0v) is 5.47. The summed E-state index contributed by atoms with van der Waals surface area (Å²) in [4.78, 5) is 0. The van der Waals surface area contributed by atoms with Gasteiger partial charge >= 0.3 is 0 Å². The second-order valence-electron chi connectivity index (χ2n) is 1.42. The molecule has 6 heavy (non-hydrogen) atoms. The van der Waals surface area contributed by atoms with E-state index in [9.17, 15) is 0 Å². The van der Waals surface area contributed by atoms with E-state index in [0.717, 1.165) is 6.42 Å². The summed E-state index contributed by atoms with van der Waals surface area (Å²) in [6.45, 7) is 3.72. The number of halogens is 2. The molecular formula is C4H8Cl2. The van der Waals surface area contributed by atoms with Gasteiger partial charge in [0.2, 0.25) is 0 Å². The number of rotatable bonds is 1. The van der Waals surface area contributed by atoms with Crippen molar-refractivity contribution in [3.05, 3.63) is 0 Å². The molecular weight excluding hydrogens is 119 g/mol. The van der Waals surface area contributed by atoms with Crippen molar-refractivity contribution in [3.8, 4) is 0 Å². The molecule has 0 bridgehead atoms. The van der Waals surface area contributed by atoms with Gasteiger partial charge in [0.25, 0.3) is 0 Å². The van der Waals surface area contributed by atoms with Gasteiger partial charge in [-0.2, -0.15) is 0 Å². The number of hydrogen-bond acceptors (Lipinski definition) is 0. The van der Waals surface area contributed by atoms with Crippen LogP contribution in [0.4, 0.5) is 0 Å². The summed E-state index contributed by atoms with van der Waals surface area (Å²) >= 11 is 11.0. The monoisotopic (exact) mass is 126 g/mol. The highest BCUT2D eigenvalue weighted by atomic mass is 35.5. The number of hydrogen-bond donors (Lipinski definition) is 0. The van der Waals surface area contributed by atoms with Crippen molar-refractivity contribution in [3.63, 3.8) is 0 Å². The topological polar surface area (TPSA) is 0 Å². The first-order valence-corrected chi connectivity index (χ1v) is 2.69. The predicted molar refractivity (Wildman–Crippen MR) is 30.4 cm³/mol. The molecule has 0 atom stereocenters. The Bertz CT molecular complexity index is 35.3. The Labute approximate surface area is 48.4 Å². The van der Waals surface area contributed by atoms with Gasteiger partial charge in [0.05, 0.1) is 0 Å². The fourth-order valence-electron chi connectivity index (χ4n) is 0. The van der Waals surface area contributed by atoms with Crippen LogP contribution in [0, 0.1) is 0 Å². The zero-order chi connectivity index (χ0) is 5.21. The van der Waals surface area contributed by atoms with Crippen molar-refractivity contribution in [1.82, 2.24) is 0 Å². The summed E-state index contributed by atoms with van der Waals surface area (Å²) in [6, 6.07) is 0. The molecule has 0 fully saturated rings. The molecule has 0 aromatic carbocycles. The van der Waals surface area contributed by atoms with Gasteiger partial charge in [0.1, 0.15) is 4.33 Å². The van der Waals surface area contributed by atoms with Crippen LogP contribution < -0.4 is 0 Å². The van der Waals surface area contributed by atoms with Crippen molar-refractivity contribution >= 4 is 23.2 Å². The van der Waals surface area contributed by atoms with Gasteiger partial charge in [-0.15, -0.1) is 23.2 Å². The molecule has 0 aliphatic rings. The third kappa shape index (κ3) is 4.58. The molecule has 0 heterocycles. The minimum absolute atomic E-state index is 0.514. The minimum Gasteiger partial charge on any atom is -0.102 e. The molecule has 0 rings (SSSR count). The lowest BCUT2D eigenvalue weighted by molar-refractivity contribution is 0.821.